The van der Waals surface area contributed by atoms with Gasteiger partial charge in [-0.2, -0.15) is 4.31 Å². The molecular formula is C50H66FN5O9S2. The van der Waals surface area contributed by atoms with Crippen LogP contribution in [0.3, 0.4) is 0 Å². The van der Waals surface area contributed by atoms with Crippen LogP contribution in [0.15, 0.2) is 72.2 Å². The third-order valence-corrected chi connectivity index (χ3v) is 15.2. The molecule has 2 fully saturated rings. The van der Waals surface area contributed by atoms with Crippen molar-refractivity contribution in [2.24, 2.45) is 5.41 Å². The number of β-amino-alcohol motifs (C(OH)–C–C–N with tert-alkyl or cyclic N) is 1. The van der Waals surface area contributed by atoms with Crippen molar-refractivity contribution in [3.63, 3.8) is 0 Å². The first-order valence-electron chi connectivity index (χ1n) is 23.1. The van der Waals surface area contributed by atoms with E-state index in [4.69, 9.17) is 14.2 Å². The van der Waals surface area contributed by atoms with E-state index in [2.05, 4.69) is 15.6 Å². The van der Waals surface area contributed by atoms with Crippen molar-refractivity contribution in [1.82, 2.24) is 24.8 Å². The molecule has 1 saturated carbocycles. The summed E-state index contributed by atoms with van der Waals surface area (Å²) in [4.78, 5) is 47.1. The molecule has 1 aromatic heterocycles. The summed E-state index contributed by atoms with van der Waals surface area (Å²) in [5, 5.41) is 16.2. The zero-order valence-corrected chi connectivity index (χ0v) is 41.1. The minimum absolute atomic E-state index is 0.0197. The van der Waals surface area contributed by atoms with Gasteiger partial charge in [-0.15, -0.1) is 11.3 Å². The Morgan fingerprint density at radius 2 is 1.52 bits per heavy atom. The molecule has 0 radical (unpaired) electrons. The van der Waals surface area contributed by atoms with Gasteiger partial charge in [0.1, 0.15) is 29.3 Å². The lowest BCUT2D eigenvalue weighted by Crippen LogP contribution is -2.59. The first kappa shape index (κ1) is 51.3. The summed E-state index contributed by atoms with van der Waals surface area (Å²) in [5.74, 6) is 0.212. The number of carbonyl (C=O) groups is 3. The molecule has 3 N–H and O–H groups in total. The number of hydrogen-bond donors (Lipinski definition) is 3. The number of ether oxygens (including phenoxy) is 3. The van der Waals surface area contributed by atoms with E-state index in [9.17, 15) is 32.3 Å². The number of rotatable bonds is 24. The van der Waals surface area contributed by atoms with Crippen LogP contribution in [0.25, 0.3) is 10.4 Å². The van der Waals surface area contributed by atoms with Crippen LogP contribution in [0.4, 0.5) is 4.39 Å². The number of amides is 3. The number of hydrogen-bond acceptors (Lipinski definition) is 11. The number of aromatic nitrogens is 1. The molecular weight excluding hydrogens is 898 g/mol. The van der Waals surface area contributed by atoms with Crippen molar-refractivity contribution >= 4 is 39.1 Å². The van der Waals surface area contributed by atoms with Crippen molar-refractivity contribution in [3.8, 4) is 27.7 Å². The monoisotopic (exact) mass is 963 g/mol. The van der Waals surface area contributed by atoms with Crippen LogP contribution < -0.4 is 24.8 Å². The van der Waals surface area contributed by atoms with Gasteiger partial charge < -0.3 is 34.9 Å². The molecule has 3 atom stereocenters. The lowest BCUT2D eigenvalue weighted by molar-refractivity contribution is -0.145. The molecule has 4 aromatic rings. The maximum Gasteiger partial charge on any atom is 0.258 e. The molecule has 67 heavy (non-hydrogen) atoms. The number of likely N-dealkylation sites (tertiary alicyclic amines) is 1. The zero-order valence-electron chi connectivity index (χ0n) is 39.5. The summed E-state index contributed by atoms with van der Waals surface area (Å²) in [6, 6.07) is 18.6. The summed E-state index contributed by atoms with van der Waals surface area (Å²) >= 11 is 1.52. The predicted molar refractivity (Wildman–Crippen MR) is 257 cm³/mol. The number of aryl methyl sites for hydroxylation is 1. The minimum atomic E-state index is -3.58. The Hall–Kier alpha value is -5.10. The fourth-order valence-electron chi connectivity index (χ4n) is 8.10. The van der Waals surface area contributed by atoms with E-state index >= 15 is 0 Å². The fraction of sp³-hybridized carbons (Fsp3) is 0.520. The summed E-state index contributed by atoms with van der Waals surface area (Å²) < 4.78 is 60.6. The van der Waals surface area contributed by atoms with Gasteiger partial charge in [0.2, 0.25) is 21.8 Å². The van der Waals surface area contributed by atoms with Crippen molar-refractivity contribution in [2.45, 2.75) is 129 Å². The van der Waals surface area contributed by atoms with E-state index in [1.165, 1.54) is 16.2 Å². The van der Waals surface area contributed by atoms with Crippen LogP contribution in [0.1, 0.15) is 101 Å². The molecule has 0 spiro atoms. The second kappa shape index (κ2) is 22.8. The number of alkyl halides is 1. The maximum absolute atomic E-state index is 14.6. The van der Waals surface area contributed by atoms with Gasteiger partial charge in [-0.1, -0.05) is 82.9 Å². The standard InChI is InChI=1S/C50H66FN5O9S2/c1-34-44(66-33-53-34)37-17-18-38(29-52-46(58)42-28-39(57)32-56(42)47(59)45(49(2,3)4)54-48(60)50(51)23-24-50)43(27-37)65-25-11-9-7-8-10-12-26-67(61,62)55(30-35-13-19-40(63-5)20-14-35)31-36-15-21-41(64-6)22-16-36/h13-22,27,33,39,42,45,57H,7-12,23-26,28-32H2,1-6H3,(H,52,58)(H,54,60)/t39?,42?,45-/m1/s1. The van der Waals surface area contributed by atoms with Crippen molar-refractivity contribution in [3.05, 3.63) is 94.6 Å². The number of unbranched alkanes of at least 4 members (excludes halogenated alkanes) is 5. The molecule has 364 valence electrons. The second-order valence-corrected chi connectivity index (χ2v) is 21.6. The van der Waals surface area contributed by atoms with Crippen LogP contribution in [0.5, 0.6) is 17.2 Å². The summed E-state index contributed by atoms with van der Waals surface area (Å²) in [5.41, 5.74) is 3.30. The Morgan fingerprint density at radius 3 is 2.07 bits per heavy atom. The summed E-state index contributed by atoms with van der Waals surface area (Å²) in [7, 11) is -0.389. The van der Waals surface area contributed by atoms with Gasteiger partial charge in [-0.3, -0.25) is 14.4 Å². The highest BCUT2D eigenvalue weighted by molar-refractivity contribution is 7.89. The largest absolute Gasteiger partial charge is 0.497 e. The normalized spacial score (nSPS) is 17.2. The van der Waals surface area contributed by atoms with Crippen LogP contribution in [-0.4, -0.2) is 102 Å². The van der Waals surface area contributed by atoms with E-state index < -0.39 is 57.0 Å². The highest BCUT2D eigenvalue weighted by atomic mass is 32.2. The molecule has 17 heteroatoms. The SMILES string of the molecule is COc1ccc(CN(Cc2ccc(OC)cc2)S(=O)(=O)CCCCCCCCOc2cc(-c3scnc3C)ccc2CNC(=O)C2CC(O)CN2C(=O)[C@@H](NC(=O)C2(F)CC2)C(C)(C)C)cc1. The molecule has 3 amide bonds. The number of halogens is 1. The average Bonchev–Trinajstić information content (AvgIpc) is 3.71. The minimum Gasteiger partial charge on any atom is -0.497 e. The van der Waals surface area contributed by atoms with E-state index in [0.29, 0.717) is 30.3 Å². The third kappa shape index (κ3) is 14.0. The van der Waals surface area contributed by atoms with E-state index in [0.717, 1.165) is 64.9 Å². The van der Waals surface area contributed by atoms with Crippen molar-refractivity contribution in [2.75, 3.05) is 33.1 Å². The zero-order chi connectivity index (χ0) is 48.4. The average molecular weight is 964 g/mol. The van der Waals surface area contributed by atoms with Gasteiger partial charge in [0, 0.05) is 38.2 Å². The first-order chi connectivity index (χ1) is 31.9. The molecule has 3 aromatic carbocycles. The Bertz CT molecular complexity index is 2350. The number of thiazole rings is 1. The number of sulfonamides is 1. The first-order valence-corrected chi connectivity index (χ1v) is 25.6. The van der Waals surface area contributed by atoms with Gasteiger partial charge in [0.05, 0.1) is 48.8 Å². The van der Waals surface area contributed by atoms with Gasteiger partial charge >= 0.3 is 0 Å². The molecule has 6 rings (SSSR count). The quantitative estimate of drug-likeness (QED) is 0.0597. The lowest BCUT2D eigenvalue weighted by atomic mass is 9.85. The fourth-order valence-corrected chi connectivity index (χ4v) is 10.4. The summed E-state index contributed by atoms with van der Waals surface area (Å²) in [6.07, 6.45) is 4.01. The Labute approximate surface area is 398 Å². The van der Waals surface area contributed by atoms with Crippen molar-refractivity contribution in [1.29, 1.82) is 0 Å². The number of methoxy groups -OCH3 is 2. The Morgan fingerprint density at radius 1 is 0.925 bits per heavy atom. The summed E-state index contributed by atoms with van der Waals surface area (Å²) in [6.45, 7) is 8.13. The maximum atomic E-state index is 14.6. The molecule has 1 saturated heterocycles. The van der Waals surface area contributed by atoms with E-state index in [1.807, 2.05) is 73.7 Å². The second-order valence-electron chi connectivity index (χ2n) is 18.7. The smallest absolute Gasteiger partial charge is 0.258 e. The van der Waals surface area contributed by atoms with Gasteiger partial charge in [-0.05, 0) is 85.0 Å². The molecule has 0 bridgehead atoms. The van der Waals surface area contributed by atoms with Crippen LogP contribution in [0, 0.1) is 12.3 Å². The van der Waals surface area contributed by atoms with Crippen molar-refractivity contribution < 1.29 is 46.5 Å². The number of nitrogens with one attached hydrogen (secondary N) is 2. The number of carbonyl (C=O) groups excluding carboxylic acids is 3. The highest BCUT2D eigenvalue weighted by Gasteiger charge is 2.53. The topological polar surface area (TPSA) is 177 Å². The van der Waals surface area contributed by atoms with Crippen LogP contribution in [0.2, 0.25) is 0 Å². The number of benzene rings is 3. The van der Waals surface area contributed by atoms with Gasteiger partial charge in [0.15, 0.2) is 5.67 Å². The molecule has 1 aliphatic heterocycles. The number of nitrogens with zero attached hydrogens (tertiary/aromatic N) is 3. The number of aliphatic hydroxyl groups excluding tert-OH is 1. The molecule has 14 nitrogen and oxygen atoms in total. The van der Waals surface area contributed by atoms with Gasteiger partial charge in [0.25, 0.3) is 5.91 Å². The Balaban J connectivity index is 1.01. The molecule has 1 aliphatic carbocycles. The van der Waals surface area contributed by atoms with Crippen LogP contribution >= 0.6 is 11.3 Å². The van der Waals surface area contributed by atoms with E-state index in [-0.39, 0.29) is 51.2 Å². The van der Waals surface area contributed by atoms with Gasteiger partial charge in [-0.25, -0.2) is 17.8 Å². The lowest BCUT2D eigenvalue weighted by Gasteiger charge is -2.35. The van der Waals surface area contributed by atoms with E-state index in [1.54, 1.807) is 44.8 Å². The predicted octanol–water partition coefficient (Wildman–Crippen LogP) is 7.50. The Kier molecular flexibility index (Phi) is 17.5. The number of aliphatic hydroxyl groups is 1. The molecule has 2 heterocycles. The third-order valence-electron chi connectivity index (χ3n) is 12.4. The molecule has 2 aliphatic rings. The molecule has 2 unspecified atom stereocenters. The highest BCUT2D eigenvalue weighted by Crippen LogP contribution is 2.40. The van der Waals surface area contributed by atoms with Crippen LogP contribution in [-0.2, 0) is 44.0 Å².